The van der Waals surface area contributed by atoms with Gasteiger partial charge in [-0.05, 0) is 43.9 Å². The maximum atomic E-state index is 12.8. The molecule has 0 N–H and O–H groups in total. The van der Waals surface area contributed by atoms with Gasteiger partial charge in [-0.2, -0.15) is 0 Å². The van der Waals surface area contributed by atoms with Crippen molar-refractivity contribution in [2.45, 2.75) is 36.9 Å². The van der Waals surface area contributed by atoms with E-state index < -0.39 is 0 Å². The highest BCUT2D eigenvalue weighted by Crippen LogP contribution is 2.41. The Bertz CT molecular complexity index is 903. The van der Waals surface area contributed by atoms with Crippen LogP contribution in [-0.2, 0) is 4.79 Å². The van der Waals surface area contributed by atoms with Gasteiger partial charge in [0.2, 0.25) is 11.9 Å². The standard InChI is InChI=1S/C21H27ClN6OS/c22-16-4-3-5-18(14-16)25-10-12-26(13-11-25)19(29)15-30-21-24-23-20(27-8-1-2-9-27)28(21)17-6-7-17/h3-5,14,17H,1-2,6-13,15H2. The zero-order valence-electron chi connectivity index (χ0n) is 17.0. The zero-order valence-corrected chi connectivity index (χ0v) is 18.6. The molecule has 1 amide bonds. The molecule has 3 aliphatic rings. The van der Waals surface area contributed by atoms with Crippen molar-refractivity contribution in [3.05, 3.63) is 29.3 Å². The second-order valence-corrected chi connectivity index (χ2v) is 9.59. The maximum Gasteiger partial charge on any atom is 0.233 e. The largest absolute Gasteiger partial charge is 0.368 e. The molecule has 1 aliphatic carbocycles. The summed E-state index contributed by atoms with van der Waals surface area (Å²) in [5.74, 6) is 1.60. The van der Waals surface area contributed by atoms with E-state index in [1.807, 2.05) is 23.1 Å². The van der Waals surface area contributed by atoms with Crippen LogP contribution >= 0.6 is 23.4 Å². The van der Waals surface area contributed by atoms with Crippen molar-refractivity contribution in [1.29, 1.82) is 0 Å². The Labute approximate surface area is 186 Å². The fraction of sp³-hybridized carbons (Fsp3) is 0.571. The molecule has 3 heterocycles. The molecule has 5 rings (SSSR count). The predicted octanol–water partition coefficient (Wildman–Crippen LogP) is 3.31. The summed E-state index contributed by atoms with van der Waals surface area (Å²) in [5.41, 5.74) is 1.12. The Hall–Kier alpha value is -1.93. The number of carbonyl (C=O) groups excluding carboxylic acids is 1. The predicted molar refractivity (Wildman–Crippen MR) is 121 cm³/mol. The number of benzene rings is 1. The minimum Gasteiger partial charge on any atom is -0.368 e. The molecule has 160 valence electrons. The van der Waals surface area contributed by atoms with Gasteiger partial charge in [-0.25, -0.2) is 0 Å². The fourth-order valence-electron chi connectivity index (χ4n) is 4.26. The molecule has 2 aromatic rings. The summed E-state index contributed by atoms with van der Waals surface area (Å²) in [5, 5.41) is 10.6. The number of piperazine rings is 1. The SMILES string of the molecule is O=C(CSc1nnc(N2CCCC2)n1C1CC1)N1CCN(c2cccc(Cl)c2)CC1. The van der Waals surface area contributed by atoms with E-state index in [4.69, 9.17) is 11.6 Å². The zero-order chi connectivity index (χ0) is 20.5. The molecule has 0 radical (unpaired) electrons. The van der Waals surface area contributed by atoms with E-state index in [9.17, 15) is 4.79 Å². The lowest BCUT2D eigenvalue weighted by Gasteiger charge is -2.36. The molecular formula is C21H27ClN6OS. The molecule has 1 aromatic heterocycles. The van der Waals surface area contributed by atoms with Gasteiger partial charge in [0.15, 0.2) is 5.16 Å². The molecule has 1 saturated carbocycles. The molecular weight excluding hydrogens is 420 g/mol. The van der Waals surface area contributed by atoms with Gasteiger partial charge in [0, 0.05) is 56.0 Å². The molecule has 3 fully saturated rings. The van der Waals surface area contributed by atoms with Crippen LogP contribution in [0.4, 0.5) is 11.6 Å². The first kappa shape index (κ1) is 20.0. The van der Waals surface area contributed by atoms with Crippen molar-refractivity contribution < 1.29 is 4.79 Å². The number of anilines is 2. The van der Waals surface area contributed by atoms with Crippen LogP contribution < -0.4 is 9.80 Å². The van der Waals surface area contributed by atoms with Crippen molar-refractivity contribution in [1.82, 2.24) is 19.7 Å². The van der Waals surface area contributed by atoms with Gasteiger partial charge in [0.25, 0.3) is 0 Å². The summed E-state index contributed by atoms with van der Waals surface area (Å²) in [7, 11) is 0. The Morgan fingerprint density at radius 2 is 1.80 bits per heavy atom. The van der Waals surface area contributed by atoms with Crippen LogP contribution in [0.2, 0.25) is 5.02 Å². The van der Waals surface area contributed by atoms with E-state index in [1.54, 1.807) is 0 Å². The van der Waals surface area contributed by atoms with Crippen LogP contribution in [0.15, 0.2) is 29.4 Å². The van der Waals surface area contributed by atoms with Gasteiger partial charge in [-0.15, -0.1) is 10.2 Å². The molecule has 30 heavy (non-hydrogen) atoms. The number of nitrogens with zero attached hydrogens (tertiary/aromatic N) is 6. The molecule has 1 aromatic carbocycles. The van der Waals surface area contributed by atoms with Crippen molar-refractivity contribution >= 4 is 40.9 Å². The van der Waals surface area contributed by atoms with Crippen LogP contribution in [0.1, 0.15) is 31.7 Å². The summed E-state index contributed by atoms with van der Waals surface area (Å²) in [4.78, 5) is 19.4. The summed E-state index contributed by atoms with van der Waals surface area (Å²) in [6.45, 7) is 5.25. The van der Waals surface area contributed by atoms with E-state index in [2.05, 4.69) is 30.6 Å². The topological polar surface area (TPSA) is 57.5 Å². The van der Waals surface area contributed by atoms with Crippen molar-refractivity contribution in [3.63, 3.8) is 0 Å². The minimum atomic E-state index is 0.179. The number of carbonyl (C=O) groups is 1. The minimum absolute atomic E-state index is 0.179. The number of thioether (sulfide) groups is 1. The number of rotatable bonds is 6. The van der Waals surface area contributed by atoms with Crippen LogP contribution in [0.3, 0.4) is 0 Å². The number of aromatic nitrogens is 3. The lowest BCUT2D eigenvalue weighted by atomic mass is 10.2. The molecule has 7 nitrogen and oxygen atoms in total. The summed E-state index contributed by atoms with van der Waals surface area (Å²) in [6.07, 6.45) is 4.82. The first-order chi connectivity index (χ1) is 14.7. The third-order valence-corrected chi connectivity index (χ3v) is 7.24. The van der Waals surface area contributed by atoms with E-state index in [0.29, 0.717) is 11.8 Å². The molecule has 0 bridgehead atoms. The number of hydrogen-bond acceptors (Lipinski definition) is 6. The monoisotopic (exact) mass is 446 g/mol. The average molecular weight is 447 g/mol. The summed E-state index contributed by atoms with van der Waals surface area (Å²) < 4.78 is 2.28. The van der Waals surface area contributed by atoms with Crippen LogP contribution in [0.25, 0.3) is 0 Å². The highest BCUT2D eigenvalue weighted by molar-refractivity contribution is 7.99. The van der Waals surface area contributed by atoms with Crippen molar-refractivity contribution in [3.8, 4) is 0 Å². The van der Waals surface area contributed by atoms with E-state index >= 15 is 0 Å². The summed E-state index contributed by atoms with van der Waals surface area (Å²) in [6, 6.07) is 8.42. The van der Waals surface area contributed by atoms with E-state index in [0.717, 1.165) is 61.1 Å². The molecule has 0 unspecified atom stereocenters. The van der Waals surface area contributed by atoms with E-state index in [-0.39, 0.29) is 5.91 Å². The second kappa shape index (κ2) is 8.67. The number of hydrogen-bond donors (Lipinski definition) is 0. The number of halogens is 1. The number of amides is 1. The van der Waals surface area contributed by atoms with Crippen LogP contribution in [0, 0.1) is 0 Å². The maximum absolute atomic E-state index is 12.8. The molecule has 9 heteroatoms. The van der Waals surface area contributed by atoms with Crippen LogP contribution in [-0.4, -0.2) is 70.6 Å². The highest BCUT2D eigenvalue weighted by atomic mass is 35.5. The quantitative estimate of drug-likeness (QED) is 0.634. The van der Waals surface area contributed by atoms with Crippen molar-refractivity contribution in [2.24, 2.45) is 0 Å². The van der Waals surface area contributed by atoms with Gasteiger partial charge < -0.3 is 14.7 Å². The van der Waals surface area contributed by atoms with Gasteiger partial charge in [-0.3, -0.25) is 9.36 Å². The Morgan fingerprint density at radius 3 is 2.50 bits per heavy atom. The Balaban J connectivity index is 1.17. The molecule has 0 spiro atoms. The summed E-state index contributed by atoms with van der Waals surface area (Å²) >= 11 is 7.65. The molecule has 2 aliphatic heterocycles. The second-order valence-electron chi connectivity index (χ2n) is 8.21. The normalized spacial score (nSPS) is 19.6. The molecule has 2 saturated heterocycles. The van der Waals surface area contributed by atoms with E-state index in [1.165, 1.54) is 37.4 Å². The van der Waals surface area contributed by atoms with Gasteiger partial charge in [0.05, 0.1) is 5.75 Å². The Kier molecular flexibility index (Phi) is 5.78. The third kappa shape index (κ3) is 4.25. The first-order valence-corrected chi connectivity index (χ1v) is 12.2. The fourth-order valence-corrected chi connectivity index (χ4v) is 5.35. The highest BCUT2D eigenvalue weighted by Gasteiger charge is 2.33. The Morgan fingerprint density at radius 1 is 1.03 bits per heavy atom. The van der Waals surface area contributed by atoms with Gasteiger partial charge >= 0.3 is 0 Å². The van der Waals surface area contributed by atoms with Gasteiger partial charge in [0.1, 0.15) is 0 Å². The third-order valence-electron chi connectivity index (χ3n) is 6.08. The smallest absolute Gasteiger partial charge is 0.233 e. The van der Waals surface area contributed by atoms with Crippen LogP contribution in [0.5, 0.6) is 0 Å². The van der Waals surface area contributed by atoms with Crippen molar-refractivity contribution in [2.75, 3.05) is 54.8 Å². The lowest BCUT2D eigenvalue weighted by Crippen LogP contribution is -2.49. The molecule has 0 atom stereocenters. The average Bonchev–Trinajstić information content (AvgIpc) is 3.29. The first-order valence-electron chi connectivity index (χ1n) is 10.8. The van der Waals surface area contributed by atoms with Gasteiger partial charge in [-0.1, -0.05) is 29.4 Å². The lowest BCUT2D eigenvalue weighted by molar-refractivity contribution is -0.128.